The van der Waals surface area contributed by atoms with Gasteiger partial charge < -0.3 is 16.8 Å². The molecule has 2 heterocycles. The van der Waals surface area contributed by atoms with Crippen molar-refractivity contribution in [3.05, 3.63) is 83.2 Å². The van der Waals surface area contributed by atoms with Gasteiger partial charge in [-0.2, -0.15) is 4.98 Å². The van der Waals surface area contributed by atoms with Crippen molar-refractivity contribution in [2.24, 2.45) is 11.5 Å². The van der Waals surface area contributed by atoms with Crippen LogP contribution in [0.25, 0.3) is 16.9 Å². The standard InChI is InChI=1S/C24H26N6O/c1-15-12-18-17(21(25)31)10-7-11-20(18)30(15)23-28-14-19(24(2,3)26)22(29-23)27-13-16-8-5-4-6-9-16/h4-12,14H,13,26H2,1-3H3,(H2,25,31)(H,27,28,29). The Morgan fingerprint density at radius 2 is 1.87 bits per heavy atom. The maximum atomic E-state index is 11.9. The number of aromatic nitrogens is 3. The van der Waals surface area contributed by atoms with Gasteiger partial charge in [0.25, 0.3) is 0 Å². The van der Waals surface area contributed by atoms with Gasteiger partial charge in [0.05, 0.1) is 5.52 Å². The molecule has 0 radical (unpaired) electrons. The Morgan fingerprint density at radius 1 is 1.13 bits per heavy atom. The maximum Gasteiger partial charge on any atom is 0.249 e. The Balaban J connectivity index is 1.82. The molecule has 0 spiro atoms. The molecule has 0 unspecified atom stereocenters. The molecule has 0 aliphatic heterocycles. The molecule has 0 fully saturated rings. The lowest BCUT2D eigenvalue weighted by atomic mass is 9.97. The van der Waals surface area contributed by atoms with E-state index in [9.17, 15) is 4.79 Å². The van der Waals surface area contributed by atoms with Gasteiger partial charge in [-0.3, -0.25) is 9.36 Å². The van der Waals surface area contributed by atoms with Crippen LogP contribution in [0.1, 0.15) is 41.0 Å². The molecule has 0 bridgehead atoms. The van der Waals surface area contributed by atoms with E-state index < -0.39 is 11.4 Å². The topological polar surface area (TPSA) is 112 Å². The third-order valence-corrected chi connectivity index (χ3v) is 5.27. The molecular formula is C24H26N6O. The number of benzene rings is 2. The third kappa shape index (κ3) is 4.00. The summed E-state index contributed by atoms with van der Waals surface area (Å²) in [5.74, 6) is 0.709. The predicted octanol–water partition coefficient (Wildman–Crippen LogP) is 3.63. The largest absolute Gasteiger partial charge is 0.366 e. The van der Waals surface area contributed by atoms with Crippen molar-refractivity contribution in [1.29, 1.82) is 0 Å². The number of nitrogens with two attached hydrogens (primary N) is 2. The Labute approximate surface area is 181 Å². The molecule has 7 nitrogen and oxygen atoms in total. The second kappa shape index (κ2) is 7.85. The fraction of sp³-hybridized carbons (Fsp3) is 0.208. The number of fused-ring (bicyclic) bond motifs is 1. The fourth-order valence-electron chi connectivity index (χ4n) is 3.71. The highest BCUT2D eigenvalue weighted by atomic mass is 16.1. The summed E-state index contributed by atoms with van der Waals surface area (Å²) in [4.78, 5) is 21.3. The van der Waals surface area contributed by atoms with Gasteiger partial charge in [-0.05, 0) is 44.5 Å². The number of nitrogens with one attached hydrogen (secondary N) is 1. The van der Waals surface area contributed by atoms with Crippen LogP contribution in [-0.2, 0) is 12.1 Å². The molecule has 0 aliphatic carbocycles. The average molecular weight is 415 g/mol. The Kier molecular flexibility index (Phi) is 5.20. The van der Waals surface area contributed by atoms with Crippen LogP contribution in [0.15, 0.2) is 60.8 Å². The van der Waals surface area contributed by atoms with Crippen LogP contribution in [0.5, 0.6) is 0 Å². The van der Waals surface area contributed by atoms with Crippen molar-refractivity contribution in [3.8, 4) is 5.95 Å². The first-order valence-corrected chi connectivity index (χ1v) is 10.1. The van der Waals surface area contributed by atoms with E-state index in [2.05, 4.69) is 22.4 Å². The second-order valence-corrected chi connectivity index (χ2v) is 8.22. The highest BCUT2D eigenvalue weighted by molar-refractivity contribution is 6.06. The number of nitrogens with zero attached hydrogens (tertiary/aromatic N) is 3. The molecule has 1 amide bonds. The lowest BCUT2D eigenvalue weighted by Crippen LogP contribution is -2.30. The molecular weight excluding hydrogens is 388 g/mol. The molecule has 31 heavy (non-hydrogen) atoms. The van der Waals surface area contributed by atoms with Crippen LogP contribution in [0.2, 0.25) is 0 Å². The number of anilines is 1. The van der Waals surface area contributed by atoms with E-state index in [4.69, 9.17) is 16.5 Å². The van der Waals surface area contributed by atoms with Crippen LogP contribution in [0, 0.1) is 6.92 Å². The van der Waals surface area contributed by atoms with E-state index in [-0.39, 0.29) is 0 Å². The maximum absolute atomic E-state index is 11.9. The second-order valence-electron chi connectivity index (χ2n) is 8.22. The molecule has 5 N–H and O–H groups in total. The molecule has 2 aromatic carbocycles. The summed E-state index contributed by atoms with van der Waals surface area (Å²) in [5, 5.41) is 4.19. The smallest absolute Gasteiger partial charge is 0.249 e. The van der Waals surface area contributed by atoms with Gasteiger partial charge in [-0.1, -0.05) is 36.4 Å². The normalized spacial score (nSPS) is 11.6. The average Bonchev–Trinajstić information content (AvgIpc) is 3.07. The van der Waals surface area contributed by atoms with Crippen LogP contribution >= 0.6 is 0 Å². The van der Waals surface area contributed by atoms with E-state index in [1.807, 2.05) is 61.7 Å². The number of rotatable bonds is 6. The van der Waals surface area contributed by atoms with Crippen molar-refractivity contribution in [2.75, 3.05) is 5.32 Å². The lowest BCUT2D eigenvalue weighted by Gasteiger charge is -2.23. The van der Waals surface area contributed by atoms with Gasteiger partial charge in [0.2, 0.25) is 11.9 Å². The molecule has 0 aliphatic rings. The summed E-state index contributed by atoms with van der Waals surface area (Å²) in [7, 11) is 0. The Morgan fingerprint density at radius 3 is 2.55 bits per heavy atom. The first-order chi connectivity index (χ1) is 14.8. The minimum absolute atomic E-state index is 0.464. The first kappa shape index (κ1) is 20.6. The van der Waals surface area contributed by atoms with Gasteiger partial charge in [0.15, 0.2) is 0 Å². The van der Waals surface area contributed by atoms with Crippen LogP contribution in [0.3, 0.4) is 0 Å². The van der Waals surface area contributed by atoms with Gasteiger partial charge in [0, 0.05) is 40.5 Å². The highest BCUT2D eigenvalue weighted by Crippen LogP contribution is 2.29. The minimum Gasteiger partial charge on any atom is -0.366 e. The third-order valence-electron chi connectivity index (χ3n) is 5.27. The SMILES string of the molecule is Cc1cc2c(C(N)=O)cccc2n1-c1ncc(C(C)(C)N)c(NCc2ccccc2)n1. The summed E-state index contributed by atoms with van der Waals surface area (Å²) in [5.41, 5.74) is 15.5. The zero-order valence-electron chi connectivity index (χ0n) is 17.9. The van der Waals surface area contributed by atoms with Gasteiger partial charge >= 0.3 is 0 Å². The van der Waals surface area contributed by atoms with Crippen LogP contribution < -0.4 is 16.8 Å². The molecule has 0 saturated carbocycles. The highest BCUT2D eigenvalue weighted by Gasteiger charge is 2.22. The predicted molar refractivity (Wildman–Crippen MR) is 123 cm³/mol. The summed E-state index contributed by atoms with van der Waals surface area (Å²) < 4.78 is 1.92. The molecule has 4 aromatic rings. The van der Waals surface area contributed by atoms with Gasteiger partial charge in [0.1, 0.15) is 5.82 Å². The van der Waals surface area contributed by atoms with Crippen molar-refractivity contribution in [3.63, 3.8) is 0 Å². The van der Waals surface area contributed by atoms with Crippen molar-refractivity contribution >= 4 is 22.6 Å². The number of aryl methyl sites for hydroxylation is 1. The monoisotopic (exact) mass is 414 g/mol. The number of amides is 1. The van der Waals surface area contributed by atoms with Gasteiger partial charge in [-0.25, -0.2) is 4.98 Å². The fourth-order valence-corrected chi connectivity index (χ4v) is 3.71. The lowest BCUT2D eigenvalue weighted by molar-refractivity contribution is 0.100. The summed E-state index contributed by atoms with van der Waals surface area (Å²) in [6, 6.07) is 17.5. The quantitative estimate of drug-likeness (QED) is 0.446. The number of primary amides is 1. The molecule has 0 saturated heterocycles. The first-order valence-electron chi connectivity index (χ1n) is 10.1. The number of hydrogen-bond acceptors (Lipinski definition) is 5. The van der Waals surface area contributed by atoms with Gasteiger partial charge in [-0.15, -0.1) is 0 Å². The number of carbonyl (C=O) groups excluding carboxylic acids is 1. The Hall–Kier alpha value is -3.71. The van der Waals surface area contributed by atoms with E-state index in [0.29, 0.717) is 23.9 Å². The summed E-state index contributed by atoms with van der Waals surface area (Å²) >= 11 is 0. The minimum atomic E-state index is -0.621. The summed E-state index contributed by atoms with van der Waals surface area (Å²) in [6.45, 7) is 6.41. The zero-order chi connectivity index (χ0) is 22.2. The molecule has 7 heteroatoms. The molecule has 2 aromatic heterocycles. The number of hydrogen-bond donors (Lipinski definition) is 3. The van der Waals surface area contributed by atoms with E-state index >= 15 is 0 Å². The Bertz CT molecular complexity index is 1250. The molecule has 0 atom stereocenters. The van der Waals surface area contributed by atoms with E-state index in [0.717, 1.165) is 27.7 Å². The van der Waals surface area contributed by atoms with Crippen molar-refractivity contribution < 1.29 is 4.79 Å². The van der Waals surface area contributed by atoms with Crippen LogP contribution in [-0.4, -0.2) is 20.4 Å². The van der Waals surface area contributed by atoms with Crippen molar-refractivity contribution in [1.82, 2.24) is 14.5 Å². The molecule has 158 valence electrons. The zero-order valence-corrected chi connectivity index (χ0v) is 17.9. The van der Waals surface area contributed by atoms with E-state index in [1.165, 1.54) is 0 Å². The summed E-state index contributed by atoms with van der Waals surface area (Å²) in [6.07, 6.45) is 1.76. The number of carbonyl (C=O) groups is 1. The van der Waals surface area contributed by atoms with E-state index in [1.54, 1.807) is 12.3 Å². The van der Waals surface area contributed by atoms with Crippen LogP contribution in [0.4, 0.5) is 5.82 Å². The molecule has 4 rings (SSSR count). The van der Waals surface area contributed by atoms with Crippen molar-refractivity contribution in [2.45, 2.75) is 32.9 Å².